The van der Waals surface area contributed by atoms with E-state index in [0.717, 1.165) is 17.8 Å². The van der Waals surface area contributed by atoms with Gasteiger partial charge in [-0.3, -0.25) is 9.78 Å². The van der Waals surface area contributed by atoms with Crippen molar-refractivity contribution in [2.75, 3.05) is 32.6 Å². The van der Waals surface area contributed by atoms with Crippen molar-refractivity contribution in [2.24, 2.45) is 0 Å². The number of aromatic nitrogens is 1. The van der Waals surface area contributed by atoms with Crippen LogP contribution < -0.4 is 10.1 Å². The summed E-state index contributed by atoms with van der Waals surface area (Å²) in [5.41, 5.74) is 3.72. The molecule has 2 aromatic heterocycles. The maximum atomic E-state index is 12.6. The van der Waals surface area contributed by atoms with Gasteiger partial charge in [0.05, 0.1) is 22.0 Å². The maximum Gasteiger partial charge on any atom is 0.257 e. The molecule has 0 aliphatic carbocycles. The smallest absolute Gasteiger partial charge is 0.257 e. The van der Waals surface area contributed by atoms with E-state index in [-0.39, 0.29) is 5.91 Å². The number of benzene rings is 1. The van der Waals surface area contributed by atoms with Crippen LogP contribution in [0.5, 0.6) is 5.75 Å². The van der Waals surface area contributed by atoms with Gasteiger partial charge in [-0.1, -0.05) is 11.6 Å². The average Bonchev–Trinajstić information content (AvgIpc) is 3.18. The quantitative estimate of drug-likeness (QED) is 0.592. The Morgan fingerprint density at radius 2 is 2.07 bits per heavy atom. The Balaban J connectivity index is 1.68. The number of nitrogens with zero attached hydrogens (tertiary/aromatic N) is 2. The van der Waals surface area contributed by atoms with E-state index < -0.39 is 0 Å². The van der Waals surface area contributed by atoms with Crippen molar-refractivity contribution in [3.8, 4) is 17.0 Å². The summed E-state index contributed by atoms with van der Waals surface area (Å²) in [6, 6.07) is 10.9. The summed E-state index contributed by atoms with van der Waals surface area (Å²) >= 11 is 7.90. The average molecular weight is 416 g/mol. The van der Waals surface area contributed by atoms with Crippen molar-refractivity contribution in [1.82, 2.24) is 9.88 Å². The summed E-state index contributed by atoms with van der Waals surface area (Å²) in [6.07, 6.45) is 0. The van der Waals surface area contributed by atoms with Crippen LogP contribution in [0.4, 0.5) is 5.69 Å². The summed E-state index contributed by atoms with van der Waals surface area (Å²) < 4.78 is 5.66. The first-order valence-corrected chi connectivity index (χ1v) is 10.1. The SMILES string of the molecule is Cc1nc(-c2ccsc2)ccc1C(=O)Nc1ccc(OCCN(C)C)c(Cl)c1. The summed E-state index contributed by atoms with van der Waals surface area (Å²) in [4.78, 5) is 19.2. The molecule has 146 valence electrons. The normalized spacial score (nSPS) is 10.9. The van der Waals surface area contributed by atoms with E-state index in [1.807, 2.05) is 48.8 Å². The molecule has 0 fully saturated rings. The van der Waals surface area contributed by atoms with E-state index in [0.29, 0.717) is 34.3 Å². The van der Waals surface area contributed by atoms with Crippen LogP contribution in [0.25, 0.3) is 11.3 Å². The van der Waals surface area contributed by atoms with Gasteiger partial charge in [0, 0.05) is 23.2 Å². The molecule has 2 heterocycles. The molecule has 0 bridgehead atoms. The third-order valence-electron chi connectivity index (χ3n) is 4.13. The summed E-state index contributed by atoms with van der Waals surface area (Å²) in [6.45, 7) is 3.17. The minimum absolute atomic E-state index is 0.223. The van der Waals surface area contributed by atoms with Gasteiger partial charge in [0.25, 0.3) is 5.91 Å². The molecule has 1 amide bonds. The predicted molar refractivity (Wildman–Crippen MR) is 116 cm³/mol. The lowest BCUT2D eigenvalue weighted by Crippen LogP contribution is -2.19. The Morgan fingerprint density at radius 3 is 2.71 bits per heavy atom. The second kappa shape index (κ2) is 9.19. The van der Waals surface area contributed by atoms with Crippen molar-refractivity contribution >= 4 is 34.5 Å². The second-order valence-corrected chi connectivity index (χ2v) is 7.78. The number of pyridine rings is 1. The Hall–Kier alpha value is -2.41. The topological polar surface area (TPSA) is 54.5 Å². The van der Waals surface area contributed by atoms with Gasteiger partial charge >= 0.3 is 0 Å². The van der Waals surface area contributed by atoms with Gasteiger partial charge in [0.1, 0.15) is 12.4 Å². The third kappa shape index (κ3) is 5.10. The monoisotopic (exact) mass is 415 g/mol. The number of halogens is 1. The molecule has 0 aliphatic rings. The third-order valence-corrected chi connectivity index (χ3v) is 5.11. The molecule has 0 saturated heterocycles. The Morgan fingerprint density at radius 1 is 1.25 bits per heavy atom. The van der Waals surface area contributed by atoms with E-state index in [1.165, 1.54) is 0 Å². The highest BCUT2D eigenvalue weighted by Gasteiger charge is 2.13. The van der Waals surface area contributed by atoms with Gasteiger partial charge in [0.15, 0.2) is 0 Å². The molecular formula is C21H22ClN3O2S. The molecule has 7 heteroatoms. The molecule has 28 heavy (non-hydrogen) atoms. The first-order chi connectivity index (χ1) is 13.4. The van der Waals surface area contributed by atoms with Gasteiger partial charge in [0.2, 0.25) is 0 Å². The van der Waals surface area contributed by atoms with E-state index >= 15 is 0 Å². The summed E-state index contributed by atoms with van der Waals surface area (Å²) in [5, 5.41) is 7.37. The Labute approximate surface area is 173 Å². The molecule has 0 aliphatic heterocycles. The zero-order chi connectivity index (χ0) is 20.1. The largest absolute Gasteiger partial charge is 0.491 e. The summed E-state index contributed by atoms with van der Waals surface area (Å²) in [5.74, 6) is 0.374. The van der Waals surface area contributed by atoms with Crippen LogP contribution in [-0.2, 0) is 0 Å². The molecule has 1 aromatic carbocycles. The van der Waals surface area contributed by atoms with E-state index in [1.54, 1.807) is 35.6 Å². The number of aryl methyl sites for hydroxylation is 1. The highest BCUT2D eigenvalue weighted by atomic mass is 35.5. The van der Waals surface area contributed by atoms with Crippen LogP contribution in [-0.4, -0.2) is 43.0 Å². The molecule has 0 unspecified atom stereocenters. The molecule has 3 aromatic rings. The number of rotatable bonds is 7. The van der Waals surface area contributed by atoms with Crippen molar-refractivity contribution in [2.45, 2.75) is 6.92 Å². The first kappa shape index (κ1) is 20.3. The van der Waals surface area contributed by atoms with Gasteiger partial charge in [-0.2, -0.15) is 11.3 Å². The molecular weight excluding hydrogens is 394 g/mol. The number of carbonyl (C=O) groups is 1. The first-order valence-electron chi connectivity index (χ1n) is 8.82. The lowest BCUT2D eigenvalue weighted by molar-refractivity contribution is 0.102. The van der Waals surface area contributed by atoms with Crippen molar-refractivity contribution in [1.29, 1.82) is 0 Å². The lowest BCUT2D eigenvalue weighted by Gasteiger charge is -2.13. The van der Waals surface area contributed by atoms with Crippen LogP contribution in [0.1, 0.15) is 16.1 Å². The molecule has 0 radical (unpaired) electrons. The fourth-order valence-electron chi connectivity index (χ4n) is 2.60. The number of anilines is 1. The summed E-state index contributed by atoms with van der Waals surface area (Å²) in [7, 11) is 3.96. The van der Waals surface area contributed by atoms with Crippen LogP contribution in [0, 0.1) is 6.92 Å². The van der Waals surface area contributed by atoms with Gasteiger partial charge in [-0.05, 0) is 62.8 Å². The molecule has 0 atom stereocenters. The minimum atomic E-state index is -0.223. The zero-order valence-corrected chi connectivity index (χ0v) is 17.6. The number of hydrogen-bond donors (Lipinski definition) is 1. The number of hydrogen-bond acceptors (Lipinski definition) is 5. The van der Waals surface area contributed by atoms with Crippen LogP contribution in [0.2, 0.25) is 5.02 Å². The van der Waals surface area contributed by atoms with Crippen LogP contribution in [0.3, 0.4) is 0 Å². The maximum absolute atomic E-state index is 12.6. The number of nitrogens with one attached hydrogen (secondary N) is 1. The molecule has 1 N–H and O–H groups in total. The number of amides is 1. The van der Waals surface area contributed by atoms with Gasteiger partial charge in [-0.15, -0.1) is 0 Å². The van der Waals surface area contributed by atoms with Crippen molar-refractivity contribution in [3.05, 3.63) is 63.4 Å². The fourth-order valence-corrected chi connectivity index (χ4v) is 3.49. The standard InChI is InChI=1S/C21H22ClN3O2S/c1-14-17(5-6-19(23-14)15-8-11-28-13-15)21(26)24-16-4-7-20(18(22)12-16)27-10-9-25(2)3/h4-8,11-13H,9-10H2,1-3H3,(H,24,26). The minimum Gasteiger partial charge on any atom is -0.491 e. The lowest BCUT2D eigenvalue weighted by atomic mass is 10.1. The fraction of sp³-hybridized carbons (Fsp3) is 0.238. The molecule has 0 saturated carbocycles. The number of likely N-dealkylation sites (N-methyl/N-ethyl adjacent to an activating group) is 1. The van der Waals surface area contributed by atoms with Crippen LogP contribution >= 0.6 is 22.9 Å². The molecule has 0 spiro atoms. The highest BCUT2D eigenvalue weighted by molar-refractivity contribution is 7.08. The number of ether oxygens (including phenoxy) is 1. The van der Waals surface area contributed by atoms with E-state index in [9.17, 15) is 4.79 Å². The van der Waals surface area contributed by atoms with E-state index in [4.69, 9.17) is 16.3 Å². The predicted octanol–water partition coefficient (Wildman–Crippen LogP) is 4.96. The van der Waals surface area contributed by atoms with Crippen molar-refractivity contribution in [3.63, 3.8) is 0 Å². The number of carbonyl (C=O) groups excluding carboxylic acids is 1. The Kier molecular flexibility index (Phi) is 6.67. The van der Waals surface area contributed by atoms with Gasteiger partial charge < -0.3 is 15.0 Å². The molecule has 5 nitrogen and oxygen atoms in total. The zero-order valence-electron chi connectivity index (χ0n) is 16.0. The second-order valence-electron chi connectivity index (χ2n) is 6.59. The van der Waals surface area contributed by atoms with Gasteiger partial charge in [-0.25, -0.2) is 0 Å². The van der Waals surface area contributed by atoms with Crippen LogP contribution in [0.15, 0.2) is 47.2 Å². The van der Waals surface area contributed by atoms with E-state index in [2.05, 4.69) is 10.3 Å². The number of thiophene rings is 1. The van der Waals surface area contributed by atoms with Crippen molar-refractivity contribution < 1.29 is 9.53 Å². The Bertz CT molecular complexity index is 958. The highest BCUT2D eigenvalue weighted by Crippen LogP contribution is 2.28. The molecule has 3 rings (SSSR count).